The van der Waals surface area contributed by atoms with Crippen LogP contribution >= 0.6 is 12.4 Å². The molecule has 2 amide bonds. The van der Waals surface area contributed by atoms with Crippen LogP contribution in [0.15, 0.2) is 0 Å². The molecule has 152 valence electrons. The molecule has 26 heavy (non-hydrogen) atoms. The number of hydrogen-bond acceptors (Lipinski definition) is 4. The van der Waals surface area contributed by atoms with E-state index in [1.807, 2.05) is 6.92 Å². The number of carbonyl (C=O) groups excluding carboxylic acids is 2. The molecular weight excluding hydrogens is 358 g/mol. The lowest BCUT2D eigenvalue weighted by Gasteiger charge is -2.31. The number of halogens is 1. The molecular formula is C18H34ClN3O4. The fourth-order valence-corrected chi connectivity index (χ4v) is 2.94. The molecule has 1 rings (SSSR count). The van der Waals surface area contributed by atoms with E-state index >= 15 is 0 Å². The van der Waals surface area contributed by atoms with Crippen molar-refractivity contribution < 1.29 is 19.5 Å². The number of rotatable bonds is 10. The summed E-state index contributed by atoms with van der Waals surface area (Å²) in [6.07, 6.45) is 3.54. The van der Waals surface area contributed by atoms with E-state index in [4.69, 9.17) is 5.11 Å². The van der Waals surface area contributed by atoms with Gasteiger partial charge in [-0.1, -0.05) is 27.2 Å². The standard InChI is InChI=1S/C18H33N3O4.ClH/c1-4-5-15(18(24)25)20-12-16(22)21-10-7-14(8-11-21)17(23)19-9-6-13(2)3;/h13-15,20H,4-12H2,1-3H3,(H,19,23)(H,24,25);1H. The minimum absolute atomic E-state index is 0. The predicted molar refractivity (Wildman–Crippen MR) is 103 cm³/mol. The lowest BCUT2D eigenvalue weighted by molar-refractivity contribution is -0.140. The summed E-state index contributed by atoms with van der Waals surface area (Å²) in [6, 6.07) is -0.682. The monoisotopic (exact) mass is 391 g/mol. The normalized spacial score (nSPS) is 16.1. The Morgan fingerprint density at radius 3 is 2.27 bits per heavy atom. The number of nitrogens with zero attached hydrogens (tertiary/aromatic N) is 1. The summed E-state index contributed by atoms with van der Waals surface area (Å²) in [5, 5.41) is 14.9. The van der Waals surface area contributed by atoms with Gasteiger partial charge < -0.3 is 15.3 Å². The molecule has 1 unspecified atom stereocenters. The highest BCUT2D eigenvalue weighted by Crippen LogP contribution is 2.17. The van der Waals surface area contributed by atoms with E-state index in [9.17, 15) is 14.4 Å². The zero-order chi connectivity index (χ0) is 18.8. The van der Waals surface area contributed by atoms with E-state index < -0.39 is 12.0 Å². The highest BCUT2D eigenvalue weighted by molar-refractivity contribution is 5.85. The van der Waals surface area contributed by atoms with Crippen molar-refractivity contribution in [3.05, 3.63) is 0 Å². The van der Waals surface area contributed by atoms with Crippen LogP contribution in [0.2, 0.25) is 0 Å². The molecule has 1 saturated heterocycles. The molecule has 0 saturated carbocycles. The Morgan fingerprint density at radius 1 is 1.15 bits per heavy atom. The van der Waals surface area contributed by atoms with Crippen LogP contribution in [0.4, 0.5) is 0 Å². The van der Waals surface area contributed by atoms with Gasteiger partial charge in [0.2, 0.25) is 11.8 Å². The number of carboxylic acid groups (broad SMARTS) is 1. The molecule has 0 aromatic carbocycles. The van der Waals surface area contributed by atoms with Gasteiger partial charge in [0.15, 0.2) is 0 Å². The fraction of sp³-hybridized carbons (Fsp3) is 0.833. The van der Waals surface area contributed by atoms with Gasteiger partial charge in [0.1, 0.15) is 6.04 Å². The van der Waals surface area contributed by atoms with E-state index in [2.05, 4.69) is 24.5 Å². The number of likely N-dealkylation sites (tertiary alicyclic amines) is 1. The quantitative estimate of drug-likeness (QED) is 0.526. The van der Waals surface area contributed by atoms with Crippen LogP contribution in [0.5, 0.6) is 0 Å². The van der Waals surface area contributed by atoms with Gasteiger partial charge in [0, 0.05) is 25.6 Å². The second-order valence-electron chi connectivity index (χ2n) is 7.19. The van der Waals surface area contributed by atoms with Crippen molar-refractivity contribution in [1.82, 2.24) is 15.5 Å². The SMILES string of the molecule is CCCC(NCC(=O)N1CCC(C(=O)NCCC(C)C)CC1)C(=O)O.Cl. The molecule has 1 aliphatic heterocycles. The van der Waals surface area contributed by atoms with Crippen molar-refractivity contribution in [2.75, 3.05) is 26.2 Å². The summed E-state index contributed by atoms with van der Waals surface area (Å²) in [5.74, 6) is -0.405. The Bertz CT molecular complexity index is 452. The van der Waals surface area contributed by atoms with E-state index in [0.29, 0.717) is 44.8 Å². The van der Waals surface area contributed by atoms with Gasteiger partial charge in [0.25, 0.3) is 0 Å². The average molecular weight is 392 g/mol. The van der Waals surface area contributed by atoms with Crippen LogP contribution in [0.3, 0.4) is 0 Å². The summed E-state index contributed by atoms with van der Waals surface area (Å²) in [6.45, 7) is 7.99. The third-order valence-corrected chi connectivity index (χ3v) is 4.61. The molecule has 1 aliphatic rings. The molecule has 0 spiro atoms. The van der Waals surface area contributed by atoms with Crippen LogP contribution in [-0.2, 0) is 14.4 Å². The zero-order valence-electron chi connectivity index (χ0n) is 16.1. The lowest BCUT2D eigenvalue weighted by Crippen LogP contribution is -2.48. The Labute approximate surface area is 162 Å². The minimum atomic E-state index is -0.925. The Hall–Kier alpha value is -1.34. The Kier molecular flexibility index (Phi) is 12.3. The van der Waals surface area contributed by atoms with E-state index in [-0.39, 0.29) is 36.7 Å². The number of carboxylic acids is 1. The third-order valence-electron chi connectivity index (χ3n) is 4.61. The maximum absolute atomic E-state index is 12.2. The molecule has 1 atom stereocenters. The lowest BCUT2D eigenvalue weighted by atomic mass is 9.95. The largest absolute Gasteiger partial charge is 0.480 e. The first-order valence-electron chi connectivity index (χ1n) is 9.36. The zero-order valence-corrected chi connectivity index (χ0v) is 16.9. The fourth-order valence-electron chi connectivity index (χ4n) is 2.94. The van der Waals surface area contributed by atoms with Crippen LogP contribution < -0.4 is 10.6 Å². The molecule has 0 aromatic rings. The Morgan fingerprint density at radius 2 is 1.77 bits per heavy atom. The molecule has 0 aromatic heterocycles. The summed E-state index contributed by atoms with van der Waals surface area (Å²) in [5.41, 5.74) is 0. The first-order valence-corrected chi connectivity index (χ1v) is 9.36. The third kappa shape index (κ3) is 8.85. The van der Waals surface area contributed by atoms with E-state index in [0.717, 1.165) is 12.8 Å². The summed E-state index contributed by atoms with van der Waals surface area (Å²) < 4.78 is 0. The molecule has 1 heterocycles. The van der Waals surface area contributed by atoms with Gasteiger partial charge in [-0.25, -0.2) is 0 Å². The number of carbonyl (C=O) groups is 3. The van der Waals surface area contributed by atoms with Crippen molar-refractivity contribution in [2.24, 2.45) is 11.8 Å². The maximum atomic E-state index is 12.2. The molecule has 0 bridgehead atoms. The summed E-state index contributed by atoms with van der Waals surface area (Å²) in [4.78, 5) is 37.2. The van der Waals surface area contributed by atoms with Gasteiger partial charge in [0.05, 0.1) is 6.54 Å². The van der Waals surface area contributed by atoms with Crippen molar-refractivity contribution in [3.8, 4) is 0 Å². The maximum Gasteiger partial charge on any atom is 0.320 e. The highest BCUT2D eigenvalue weighted by Gasteiger charge is 2.27. The number of piperidine rings is 1. The summed E-state index contributed by atoms with van der Waals surface area (Å²) in [7, 11) is 0. The van der Waals surface area contributed by atoms with Crippen molar-refractivity contribution in [3.63, 3.8) is 0 Å². The van der Waals surface area contributed by atoms with Crippen LogP contribution in [0.25, 0.3) is 0 Å². The van der Waals surface area contributed by atoms with E-state index in [1.54, 1.807) is 4.90 Å². The van der Waals surface area contributed by atoms with Gasteiger partial charge >= 0.3 is 5.97 Å². The number of aliphatic carboxylic acids is 1. The predicted octanol–water partition coefficient (Wildman–Crippen LogP) is 1.65. The van der Waals surface area contributed by atoms with Crippen molar-refractivity contribution in [1.29, 1.82) is 0 Å². The van der Waals surface area contributed by atoms with Gasteiger partial charge in [-0.3, -0.25) is 19.7 Å². The second kappa shape index (κ2) is 12.9. The van der Waals surface area contributed by atoms with Crippen LogP contribution in [0, 0.1) is 11.8 Å². The minimum Gasteiger partial charge on any atom is -0.480 e. The number of nitrogens with one attached hydrogen (secondary N) is 2. The first kappa shape index (κ1) is 24.7. The van der Waals surface area contributed by atoms with E-state index in [1.165, 1.54) is 0 Å². The van der Waals surface area contributed by atoms with Crippen molar-refractivity contribution in [2.45, 2.75) is 58.9 Å². The topological polar surface area (TPSA) is 98.7 Å². The van der Waals surface area contributed by atoms with Crippen LogP contribution in [0.1, 0.15) is 52.9 Å². The molecule has 3 N–H and O–H groups in total. The second-order valence-corrected chi connectivity index (χ2v) is 7.19. The smallest absolute Gasteiger partial charge is 0.320 e. The van der Waals surface area contributed by atoms with Crippen LogP contribution in [-0.4, -0.2) is 60.0 Å². The Balaban J connectivity index is 0.00000625. The van der Waals surface area contributed by atoms with Crippen molar-refractivity contribution >= 4 is 30.2 Å². The first-order chi connectivity index (χ1) is 11.8. The number of amides is 2. The molecule has 0 aliphatic carbocycles. The van der Waals surface area contributed by atoms with Gasteiger partial charge in [-0.2, -0.15) is 0 Å². The van der Waals surface area contributed by atoms with Gasteiger partial charge in [-0.15, -0.1) is 12.4 Å². The highest BCUT2D eigenvalue weighted by atomic mass is 35.5. The van der Waals surface area contributed by atoms with Gasteiger partial charge in [-0.05, 0) is 31.6 Å². The average Bonchev–Trinajstić information content (AvgIpc) is 2.57. The molecule has 7 nitrogen and oxygen atoms in total. The molecule has 8 heteroatoms. The number of hydrogen-bond donors (Lipinski definition) is 3. The summed E-state index contributed by atoms with van der Waals surface area (Å²) >= 11 is 0. The molecule has 1 fully saturated rings. The molecule has 0 radical (unpaired) electrons.